The first kappa shape index (κ1) is 19.1. The Hall–Kier alpha value is -2.67. The minimum absolute atomic E-state index is 0.0569. The van der Waals surface area contributed by atoms with E-state index in [0.717, 1.165) is 12.1 Å². The molecule has 0 atom stereocenters. The molecule has 1 aromatic heterocycles. The molecule has 7 nitrogen and oxygen atoms in total. The van der Waals surface area contributed by atoms with Crippen molar-refractivity contribution in [2.45, 2.75) is 51.2 Å². The average Bonchev–Trinajstić information content (AvgIpc) is 3.18. The molecular formula is C20H25N3O4. The molecule has 1 fully saturated rings. The fourth-order valence-electron chi connectivity index (χ4n) is 3.61. The first-order valence-corrected chi connectivity index (χ1v) is 9.34. The van der Waals surface area contributed by atoms with Crippen molar-refractivity contribution in [3.8, 4) is 0 Å². The van der Waals surface area contributed by atoms with Gasteiger partial charge in [0, 0.05) is 19.1 Å². The van der Waals surface area contributed by atoms with Crippen LogP contribution in [0.25, 0.3) is 0 Å². The number of carbonyl (C=O) groups is 1. The molecule has 0 unspecified atom stereocenters. The van der Waals surface area contributed by atoms with Gasteiger partial charge in [-0.25, -0.2) is 0 Å². The minimum Gasteiger partial charge on any atom is -0.395 e. The van der Waals surface area contributed by atoms with Crippen molar-refractivity contribution in [3.05, 3.63) is 63.4 Å². The molecule has 1 saturated carbocycles. The van der Waals surface area contributed by atoms with Crippen LogP contribution in [0.3, 0.4) is 0 Å². The number of hydrogen-bond donors (Lipinski definition) is 1. The van der Waals surface area contributed by atoms with Gasteiger partial charge in [-0.2, -0.15) is 0 Å². The maximum absolute atomic E-state index is 12.2. The Morgan fingerprint density at radius 1 is 1.19 bits per heavy atom. The van der Waals surface area contributed by atoms with Crippen LogP contribution in [0.4, 0.5) is 5.88 Å². The molecule has 1 aliphatic carbocycles. The van der Waals surface area contributed by atoms with Crippen molar-refractivity contribution >= 4 is 11.8 Å². The van der Waals surface area contributed by atoms with E-state index < -0.39 is 16.7 Å². The van der Waals surface area contributed by atoms with Gasteiger partial charge < -0.3 is 9.73 Å². The van der Waals surface area contributed by atoms with Gasteiger partial charge in [0.05, 0.1) is 6.07 Å². The predicted molar refractivity (Wildman–Crippen MR) is 101 cm³/mol. The quantitative estimate of drug-likeness (QED) is 0.589. The lowest BCUT2D eigenvalue weighted by Gasteiger charge is -2.31. The van der Waals surface area contributed by atoms with Crippen LogP contribution in [0.5, 0.6) is 0 Å². The van der Waals surface area contributed by atoms with Gasteiger partial charge in [-0.1, -0.05) is 43.5 Å². The summed E-state index contributed by atoms with van der Waals surface area (Å²) in [6.45, 7) is 1.19. The third-order valence-corrected chi connectivity index (χ3v) is 5.17. The number of rotatable bonds is 7. The monoisotopic (exact) mass is 371 g/mol. The number of nitro groups is 1. The largest absolute Gasteiger partial charge is 0.433 e. The summed E-state index contributed by atoms with van der Waals surface area (Å²) in [6.07, 6.45) is 6.40. The molecule has 7 heteroatoms. The summed E-state index contributed by atoms with van der Waals surface area (Å²) in [5.41, 5.74) is 2.21. The molecular weight excluding hydrogens is 346 g/mol. The van der Waals surface area contributed by atoms with Gasteiger partial charge in [-0.05, 0) is 37.1 Å². The van der Waals surface area contributed by atoms with Crippen molar-refractivity contribution in [1.82, 2.24) is 10.2 Å². The van der Waals surface area contributed by atoms with Gasteiger partial charge in [-0.15, -0.1) is 0 Å². The molecule has 1 N–H and O–H groups in total. The molecule has 0 radical (unpaired) electrons. The third-order valence-electron chi connectivity index (χ3n) is 5.17. The molecule has 3 rings (SSSR count). The minimum atomic E-state index is -0.660. The normalized spacial score (nSPS) is 15.0. The molecule has 1 heterocycles. The molecule has 0 aliphatic heterocycles. The van der Waals surface area contributed by atoms with Crippen LogP contribution in [0.1, 0.15) is 53.8 Å². The van der Waals surface area contributed by atoms with Crippen molar-refractivity contribution in [2.24, 2.45) is 0 Å². The Labute approximate surface area is 158 Å². The van der Waals surface area contributed by atoms with Crippen molar-refractivity contribution in [1.29, 1.82) is 0 Å². The Balaban J connectivity index is 1.61. The van der Waals surface area contributed by atoms with E-state index in [2.05, 4.69) is 23.3 Å². The number of furan rings is 1. The zero-order valence-corrected chi connectivity index (χ0v) is 15.5. The van der Waals surface area contributed by atoms with E-state index in [4.69, 9.17) is 4.42 Å². The lowest BCUT2D eigenvalue weighted by molar-refractivity contribution is -0.402. The number of amides is 1. The SMILES string of the molecule is CN(Cc1ccccc1CNC(=O)c1ccc([N+](=O)[O-])o1)C1CCCCC1. The maximum atomic E-state index is 12.2. The second kappa shape index (κ2) is 8.81. The highest BCUT2D eigenvalue weighted by Gasteiger charge is 2.20. The third kappa shape index (κ3) is 4.95. The molecule has 1 aromatic carbocycles. The van der Waals surface area contributed by atoms with Crippen LogP contribution < -0.4 is 5.32 Å². The summed E-state index contributed by atoms with van der Waals surface area (Å²) in [5, 5.41) is 13.5. The van der Waals surface area contributed by atoms with Crippen molar-refractivity contribution in [2.75, 3.05) is 7.05 Å². The molecule has 0 spiro atoms. The van der Waals surface area contributed by atoms with Crippen molar-refractivity contribution < 1.29 is 14.1 Å². The molecule has 27 heavy (non-hydrogen) atoms. The van der Waals surface area contributed by atoms with Gasteiger partial charge >= 0.3 is 5.88 Å². The second-order valence-electron chi connectivity index (χ2n) is 7.05. The Morgan fingerprint density at radius 3 is 2.56 bits per heavy atom. The molecule has 1 aliphatic rings. The average molecular weight is 371 g/mol. The van der Waals surface area contributed by atoms with Gasteiger partial charge in [0.15, 0.2) is 5.76 Å². The number of nitrogens with zero attached hydrogens (tertiary/aromatic N) is 2. The topological polar surface area (TPSA) is 88.6 Å². The summed E-state index contributed by atoms with van der Waals surface area (Å²) >= 11 is 0. The Bertz CT molecular complexity index is 796. The first-order chi connectivity index (χ1) is 13.0. The highest BCUT2D eigenvalue weighted by molar-refractivity contribution is 5.91. The lowest BCUT2D eigenvalue weighted by Crippen LogP contribution is -2.33. The maximum Gasteiger partial charge on any atom is 0.433 e. The predicted octanol–water partition coefficient (Wildman–Crippen LogP) is 3.88. The fraction of sp³-hybridized carbons (Fsp3) is 0.450. The van der Waals surface area contributed by atoms with E-state index in [-0.39, 0.29) is 5.76 Å². The Morgan fingerprint density at radius 2 is 1.89 bits per heavy atom. The summed E-state index contributed by atoms with van der Waals surface area (Å²) in [7, 11) is 2.16. The molecule has 0 bridgehead atoms. The Kier molecular flexibility index (Phi) is 6.24. The number of carbonyl (C=O) groups excluding carboxylic acids is 1. The summed E-state index contributed by atoms with van der Waals surface area (Å²) in [4.78, 5) is 24.6. The van der Waals surface area contributed by atoms with Crippen LogP contribution in [-0.4, -0.2) is 28.8 Å². The standard InChI is InChI=1S/C20H25N3O4/c1-22(17-9-3-2-4-10-17)14-16-8-6-5-7-15(16)13-21-20(24)18-11-12-19(27-18)23(25)26/h5-8,11-12,17H,2-4,9-10,13-14H2,1H3,(H,21,24). The highest BCUT2D eigenvalue weighted by atomic mass is 16.6. The van der Waals surface area contributed by atoms with Gasteiger partial charge in [0.25, 0.3) is 5.91 Å². The van der Waals surface area contributed by atoms with E-state index in [9.17, 15) is 14.9 Å². The van der Waals surface area contributed by atoms with Crippen LogP contribution in [-0.2, 0) is 13.1 Å². The van der Waals surface area contributed by atoms with E-state index in [0.29, 0.717) is 12.6 Å². The van der Waals surface area contributed by atoms with E-state index in [1.54, 1.807) is 0 Å². The molecule has 0 saturated heterocycles. The van der Waals surface area contributed by atoms with Gasteiger partial charge in [0.2, 0.25) is 0 Å². The van der Waals surface area contributed by atoms with Gasteiger partial charge in [-0.3, -0.25) is 19.8 Å². The molecule has 144 valence electrons. The van der Waals surface area contributed by atoms with E-state index >= 15 is 0 Å². The fourth-order valence-corrected chi connectivity index (χ4v) is 3.61. The summed E-state index contributed by atoms with van der Waals surface area (Å²) in [6, 6.07) is 11.1. The second-order valence-corrected chi connectivity index (χ2v) is 7.05. The summed E-state index contributed by atoms with van der Waals surface area (Å²) in [5.74, 6) is -0.952. The van der Waals surface area contributed by atoms with E-state index in [1.807, 2.05) is 18.2 Å². The van der Waals surface area contributed by atoms with Crippen LogP contribution >= 0.6 is 0 Å². The van der Waals surface area contributed by atoms with Crippen molar-refractivity contribution in [3.63, 3.8) is 0 Å². The molecule has 2 aromatic rings. The van der Waals surface area contributed by atoms with Crippen LogP contribution in [0.2, 0.25) is 0 Å². The number of nitrogens with one attached hydrogen (secondary N) is 1. The number of hydrogen-bond acceptors (Lipinski definition) is 5. The first-order valence-electron chi connectivity index (χ1n) is 9.34. The van der Waals surface area contributed by atoms with E-state index in [1.165, 1.54) is 49.8 Å². The smallest absolute Gasteiger partial charge is 0.395 e. The summed E-state index contributed by atoms with van der Waals surface area (Å²) < 4.78 is 4.95. The van der Waals surface area contributed by atoms with Crippen LogP contribution in [0.15, 0.2) is 40.8 Å². The lowest BCUT2D eigenvalue weighted by atomic mass is 9.94. The molecule has 1 amide bonds. The number of benzene rings is 1. The zero-order valence-electron chi connectivity index (χ0n) is 15.5. The van der Waals surface area contributed by atoms with Crippen LogP contribution in [0, 0.1) is 10.1 Å². The highest BCUT2D eigenvalue weighted by Crippen LogP contribution is 2.23. The van der Waals surface area contributed by atoms with Gasteiger partial charge in [0.1, 0.15) is 4.92 Å². The zero-order chi connectivity index (χ0) is 19.2.